The maximum atomic E-state index is 12.7. The topological polar surface area (TPSA) is 75.7 Å². The fourth-order valence-corrected chi connectivity index (χ4v) is 3.67. The van der Waals surface area contributed by atoms with Crippen molar-refractivity contribution in [3.8, 4) is 0 Å². The summed E-state index contributed by atoms with van der Waals surface area (Å²) in [6.45, 7) is 2.98. The number of hydrogen-bond acceptors (Lipinski definition) is 4. The molecule has 0 unspecified atom stereocenters. The number of rotatable bonds is 3. The van der Waals surface area contributed by atoms with Crippen molar-refractivity contribution < 1.29 is 18.4 Å². The van der Waals surface area contributed by atoms with E-state index in [0.29, 0.717) is 42.3 Å². The SMILES string of the molecule is Cc1c(C(=O)NC2CCN(C(=O)c3ccco3)CC2)oc2c(Cl)cccc12. The molecule has 6 nitrogen and oxygen atoms in total. The first-order chi connectivity index (χ1) is 13.0. The second-order valence-corrected chi connectivity index (χ2v) is 7.10. The molecule has 27 heavy (non-hydrogen) atoms. The minimum Gasteiger partial charge on any atom is -0.459 e. The summed E-state index contributed by atoms with van der Waals surface area (Å²) in [5.74, 6) is 0.252. The average Bonchev–Trinajstić information content (AvgIpc) is 3.31. The highest BCUT2D eigenvalue weighted by Gasteiger charge is 2.27. The third-order valence-corrected chi connectivity index (χ3v) is 5.27. The van der Waals surface area contributed by atoms with E-state index in [1.54, 1.807) is 23.1 Å². The molecule has 1 N–H and O–H groups in total. The second-order valence-electron chi connectivity index (χ2n) is 6.69. The summed E-state index contributed by atoms with van der Waals surface area (Å²) in [6, 6.07) is 8.80. The number of nitrogens with zero attached hydrogens (tertiary/aromatic N) is 1. The molecule has 1 aliphatic rings. The summed E-state index contributed by atoms with van der Waals surface area (Å²) < 4.78 is 10.9. The van der Waals surface area contributed by atoms with Crippen LogP contribution in [0.5, 0.6) is 0 Å². The number of benzene rings is 1. The van der Waals surface area contributed by atoms with E-state index in [4.69, 9.17) is 20.4 Å². The quantitative estimate of drug-likeness (QED) is 0.737. The van der Waals surface area contributed by atoms with Crippen LogP contribution < -0.4 is 5.32 Å². The Kier molecular flexibility index (Phi) is 4.66. The predicted molar refractivity (Wildman–Crippen MR) is 101 cm³/mol. The first-order valence-electron chi connectivity index (χ1n) is 8.86. The molecule has 140 valence electrons. The van der Waals surface area contributed by atoms with E-state index in [2.05, 4.69) is 5.32 Å². The van der Waals surface area contributed by atoms with Crippen molar-refractivity contribution in [2.75, 3.05) is 13.1 Å². The number of piperidine rings is 1. The van der Waals surface area contributed by atoms with Crippen LogP contribution in [-0.4, -0.2) is 35.8 Å². The lowest BCUT2D eigenvalue weighted by Crippen LogP contribution is -2.46. The van der Waals surface area contributed by atoms with E-state index >= 15 is 0 Å². The van der Waals surface area contributed by atoms with Gasteiger partial charge < -0.3 is 19.1 Å². The molecule has 2 aromatic heterocycles. The second kappa shape index (κ2) is 7.12. The van der Waals surface area contributed by atoms with Gasteiger partial charge in [-0.25, -0.2) is 0 Å². The normalized spacial score (nSPS) is 15.3. The van der Waals surface area contributed by atoms with Gasteiger partial charge in [-0.1, -0.05) is 23.7 Å². The molecule has 3 aromatic rings. The summed E-state index contributed by atoms with van der Waals surface area (Å²) >= 11 is 6.16. The Morgan fingerprint density at radius 3 is 2.63 bits per heavy atom. The lowest BCUT2D eigenvalue weighted by atomic mass is 10.0. The predicted octanol–water partition coefficient (Wildman–Crippen LogP) is 4.02. The first-order valence-corrected chi connectivity index (χ1v) is 9.23. The number of hydrogen-bond donors (Lipinski definition) is 1. The third kappa shape index (κ3) is 3.32. The van der Waals surface area contributed by atoms with Crippen molar-refractivity contribution in [3.63, 3.8) is 0 Å². The Labute approximate surface area is 161 Å². The molecule has 0 saturated carbocycles. The molecule has 7 heteroatoms. The number of furan rings is 2. The Morgan fingerprint density at radius 2 is 1.96 bits per heavy atom. The minimum atomic E-state index is -0.254. The zero-order chi connectivity index (χ0) is 19.0. The van der Waals surface area contributed by atoms with Crippen LogP contribution in [0.3, 0.4) is 0 Å². The molecule has 0 spiro atoms. The molecule has 1 aliphatic heterocycles. The van der Waals surface area contributed by atoms with Crippen molar-refractivity contribution in [1.29, 1.82) is 0 Å². The Balaban J connectivity index is 1.41. The molecule has 0 atom stereocenters. The monoisotopic (exact) mass is 386 g/mol. The van der Waals surface area contributed by atoms with Crippen molar-refractivity contribution in [2.45, 2.75) is 25.8 Å². The summed E-state index contributed by atoms with van der Waals surface area (Å²) in [6.07, 6.45) is 2.85. The smallest absolute Gasteiger partial charge is 0.289 e. The lowest BCUT2D eigenvalue weighted by molar-refractivity contribution is 0.0665. The highest BCUT2D eigenvalue weighted by molar-refractivity contribution is 6.35. The van der Waals surface area contributed by atoms with Gasteiger partial charge in [0, 0.05) is 30.1 Å². The molecule has 1 fully saturated rings. The van der Waals surface area contributed by atoms with Crippen LogP contribution in [0, 0.1) is 6.92 Å². The molecule has 0 aliphatic carbocycles. The van der Waals surface area contributed by atoms with Crippen LogP contribution >= 0.6 is 11.6 Å². The number of likely N-dealkylation sites (tertiary alicyclic amines) is 1. The number of halogens is 1. The van der Waals surface area contributed by atoms with E-state index in [0.717, 1.165) is 10.9 Å². The van der Waals surface area contributed by atoms with Crippen LogP contribution in [0.2, 0.25) is 5.02 Å². The minimum absolute atomic E-state index is 0.0127. The van der Waals surface area contributed by atoms with Gasteiger partial charge in [-0.15, -0.1) is 0 Å². The lowest BCUT2D eigenvalue weighted by Gasteiger charge is -2.31. The fourth-order valence-electron chi connectivity index (χ4n) is 3.46. The van der Waals surface area contributed by atoms with Crippen LogP contribution in [0.1, 0.15) is 39.5 Å². The number of carbonyl (C=O) groups excluding carboxylic acids is 2. The standard InChI is InChI=1S/C20H19ClN2O4/c1-12-14-4-2-5-15(21)18(14)27-17(12)19(24)22-13-7-9-23(10-8-13)20(25)16-6-3-11-26-16/h2-6,11,13H,7-10H2,1H3,(H,22,24). The zero-order valence-corrected chi connectivity index (χ0v) is 15.6. The summed E-state index contributed by atoms with van der Waals surface area (Å²) in [5, 5.41) is 4.34. The maximum absolute atomic E-state index is 12.7. The van der Waals surface area contributed by atoms with Crippen molar-refractivity contribution >= 4 is 34.4 Å². The molecule has 0 radical (unpaired) electrons. The Hall–Kier alpha value is -2.73. The van der Waals surface area contributed by atoms with Gasteiger partial charge in [0.15, 0.2) is 17.1 Å². The van der Waals surface area contributed by atoms with Crippen LogP contribution in [-0.2, 0) is 0 Å². The molecule has 2 amide bonds. The van der Waals surface area contributed by atoms with E-state index in [1.807, 2.05) is 19.1 Å². The molecule has 0 bridgehead atoms. The van der Waals surface area contributed by atoms with Gasteiger partial charge in [-0.2, -0.15) is 0 Å². The molecule has 3 heterocycles. The number of nitrogens with one attached hydrogen (secondary N) is 1. The highest BCUT2D eigenvalue weighted by atomic mass is 35.5. The maximum Gasteiger partial charge on any atom is 0.289 e. The van der Waals surface area contributed by atoms with Gasteiger partial charge in [-0.05, 0) is 38.0 Å². The van der Waals surface area contributed by atoms with Crippen molar-refractivity contribution in [1.82, 2.24) is 10.2 Å². The molecule has 1 aromatic carbocycles. The van der Waals surface area contributed by atoms with Gasteiger partial charge >= 0.3 is 0 Å². The summed E-state index contributed by atoms with van der Waals surface area (Å²) in [7, 11) is 0. The fraction of sp³-hybridized carbons (Fsp3) is 0.300. The zero-order valence-electron chi connectivity index (χ0n) is 14.8. The van der Waals surface area contributed by atoms with E-state index in [-0.39, 0.29) is 23.6 Å². The van der Waals surface area contributed by atoms with Gasteiger partial charge in [-0.3, -0.25) is 9.59 Å². The van der Waals surface area contributed by atoms with E-state index < -0.39 is 0 Å². The number of fused-ring (bicyclic) bond motifs is 1. The van der Waals surface area contributed by atoms with Crippen LogP contribution in [0.15, 0.2) is 45.4 Å². The number of carbonyl (C=O) groups is 2. The van der Waals surface area contributed by atoms with Crippen molar-refractivity contribution in [3.05, 3.63) is 58.7 Å². The van der Waals surface area contributed by atoms with E-state index in [1.165, 1.54) is 6.26 Å². The first kappa shape index (κ1) is 17.7. The van der Waals surface area contributed by atoms with Crippen LogP contribution in [0.25, 0.3) is 11.0 Å². The largest absolute Gasteiger partial charge is 0.459 e. The number of amides is 2. The Morgan fingerprint density at radius 1 is 1.19 bits per heavy atom. The molecule has 4 rings (SSSR count). The Bertz CT molecular complexity index is 985. The van der Waals surface area contributed by atoms with Crippen molar-refractivity contribution in [2.24, 2.45) is 0 Å². The van der Waals surface area contributed by atoms with E-state index in [9.17, 15) is 9.59 Å². The summed E-state index contributed by atoms with van der Waals surface area (Å²) in [4.78, 5) is 26.7. The third-order valence-electron chi connectivity index (χ3n) is 4.97. The number of para-hydroxylation sites is 1. The van der Waals surface area contributed by atoms with Crippen LogP contribution in [0.4, 0.5) is 0 Å². The molecule has 1 saturated heterocycles. The number of aryl methyl sites for hydroxylation is 1. The molecular formula is C20H19ClN2O4. The summed E-state index contributed by atoms with van der Waals surface area (Å²) in [5.41, 5.74) is 1.30. The highest BCUT2D eigenvalue weighted by Crippen LogP contribution is 2.30. The van der Waals surface area contributed by atoms with Gasteiger partial charge in [0.25, 0.3) is 11.8 Å². The van der Waals surface area contributed by atoms with Gasteiger partial charge in [0.1, 0.15) is 0 Å². The average molecular weight is 387 g/mol. The van der Waals surface area contributed by atoms with Gasteiger partial charge in [0.05, 0.1) is 11.3 Å². The molecular weight excluding hydrogens is 368 g/mol. The van der Waals surface area contributed by atoms with Gasteiger partial charge in [0.2, 0.25) is 0 Å².